The number of hydrogen-bond acceptors (Lipinski definition) is 4. The first kappa shape index (κ1) is 15.7. The second kappa shape index (κ2) is 6.95. The topological polar surface area (TPSA) is 94.0 Å². The number of carbonyl (C=O) groups is 1. The lowest BCUT2D eigenvalue weighted by Gasteiger charge is -2.10. The maximum Gasteiger partial charge on any atom is 0.312 e. The van der Waals surface area contributed by atoms with Crippen molar-refractivity contribution in [3.05, 3.63) is 78.0 Å². The lowest BCUT2D eigenvalue weighted by Crippen LogP contribution is -2.15. The smallest absolute Gasteiger partial charge is 0.312 e. The zero-order valence-electron chi connectivity index (χ0n) is 13.0. The molecule has 0 aliphatic heterocycles. The Morgan fingerprint density at radius 1 is 1.12 bits per heavy atom. The molecule has 122 valence electrons. The molecule has 2 aromatic heterocycles. The van der Waals surface area contributed by atoms with Gasteiger partial charge < -0.3 is 15.4 Å². The summed E-state index contributed by atoms with van der Waals surface area (Å²) in [6.07, 6.45) is 5.38. The average molecular weight is 322 g/mol. The Balaban J connectivity index is 1.77. The Labute approximate surface area is 139 Å². The highest BCUT2D eigenvalue weighted by molar-refractivity contribution is 5.75. The second-order valence-corrected chi connectivity index (χ2v) is 5.64. The van der Waals surface area contributed by atoms with Gasteiger partial charge in [0.25, 0.3) is 0 Å². The molecule has 0 amide bonds. The number of rotatable bonds is 6. The number of nitrogens with two attached hydrogens (primary N) is 1. The standard InChI is InChI=1S/C18H18N4O2/c19-17-7-6-14(9-20-17)8-15(18(23)24)16-11-22(12-21-16)10-13-4-2-1-3-5-13/h1-7,9,11-12,15H,8,10H2,(H2,19,20)(H,23,24). The maximum absolute atomic E-state index is 11.6. The fraction of sp³-hybridized carbons (Fsp3) is 0.167. The molecule has 0 spiro atoms. The van der Waals surface area contributed by atoms with Crippen molar-refractivity contribution in [2.45, 2.75) is 18.9 Å². The first-order valence-electron chi connectivity index (χ1n) is 7.60. The van der Waals surface area contributed by atoms with Gasteiger partial charge in [-0.1, -0.05) is 36.4 Å². The van der Waals surface area contributed by atoms with Gasteiger partial charge in [-0.15, -0.1) is 0 Å². The minimum absolute atomic E-state index is 0.324. The lowest BCUT2D eigenvalue weighted by molar-refractivity contribution is -0.138. The molecule has 3 aromatic rings. The average Bonchev–Trinajstić information content (AvgIpc) is 3.03. The SMILES string of the molecule is Nc1ccc(CC(C(=O)O)c2cn(Cc3ccccc3)cn2)cn1. The number of aliphatic carboxylic acids is 1. The van der Waals surface area contributed by atoms with E-state index in [1.165, 1.54) is 0 Å². The number of nitrogen functional groups attached to an aromatic ring is 1. The summed E-state index contributed by atoms with van der Waals surface area (Å²) in [6, 6.07) is 13.4. The van der Waals surface area contributed by atoms with Crippen molar-refractivity contribution in [2.75, 3.05) is 5.73 Å². The summed E-state index contributed by atoms with van der Waals surface area (Å²) < 4.78 is 1.89. The van der Waals surface area contributed by atoms with Crippen LogP contribution in [0.25, 0.3) is 0 Å². The highest BCUT2D eigenvalue weighted by atomic mass is 16.4. The molecule has 0 radical (unpaired) electrons. The maximum atomic E-state index is 11.6. The first-order valence-corrected chi connectivity index (χ1v) is 7.60. The number of nitrogens with zero attached hydrogens (tertiary/aromatic N) is 3. The van der Waals surface area contributed by atoms with Gasteiger partial charge in [-0.3, -0.25) is 4.79 Å². The van der Waals surface area contributed by atoms with E-state index in [9.17, 15) is 9.90 Å². The van der Waals surface area contributed by atoms with Crippen LogP contribution >= 0.6 is 0 Å². The van der Waals surface area contributed by atoms with Crippen LogP contribution in [0.15, 0.2) is 61.2 Å². The normalized spacial score (nSPS) is 12.0. The van der Waals surface area contributed by atoms with Crippen molar-refractivity contribution < 1.29 is 9.90 Å². The van der Waals surface area contributed by atoms with E-state index in [1.54, 1.807) is 30.9 Å². The monoisotopic (exact) mass is 322 g/mol. The van der Waals surface area contributed by atoms with E-state index >= 15 is 0 Å². The van der Waals surface area contributed by atoms with Crippen LogP contribution in [0.2, 0.25) is 0 Å². The van der Waals surface area contributed by atoms with Crippen molar-refractivity contribution in [1.29, 1.82) is 0 Å². The second-order valence-electron chi connectivity index (χ2n) is 5.64. The zero-order chi connectivity index (χ0) is 16.9. The van der Waals surface area contributed by atoms with E-state index in [0.29, 0.717) is 24.5 Å². The molecule has 3 rings (SSSR count). The minimum Gasteiger partial charge on any atom is -0.481 e. The van der Waals surface area contributed by atoms with Gasteiger partial charge in [0, 0.05) is 18.9 Å². The summed E-state index contributed by atoms with van der Waals surface area (Å²) in [7, 11) is 0. The number of aromatic nitrogens is 3. The molecular formula is C18H18N4O2. The number of hydrogen-bond donors (Lipinski definition) is 2. The van der Waals surface area contributed by atoms with Gasteiger partial charge in [0.2, 0.25) is 0 Å². The van der Waals surface area contributed by atoms with E-state index in [4.69, 9.17) is 5.73 Å². The van der Waals surface area contributed by atoms with Crippen molar-refractivity contribution in [1.82, 2.24) is 14.5 Å². The van der Waals surface area contributed by atoms with E-state index in [0.717, 1.165) is 11.1 Å². The largest absolute Gasteiger partial charge is 0.481 e. The fourth-order valence-corrected chi connectivity index (χ4v) is 2.55. The summed E-state index contributed by atoms with van der Waals surface area (Å²) in [5.74, 6) is -1.21. The quantitative estimate of drug-likeness (QED) is 0.726. The summed E-state index contributed by atoms with van der Waals surface area (Å²) >= 11 is 0. The Hall–Kier alpha value is -3.15. The molecule has 1 atom stereocenters. The van der Waals surface area contributed by atoms with E-state index in [-0.39, 0.29) is 0 Å². The number of benzene rings is 1. The minimum atomic E-state index is -0.906. The zero-order valence-corrected chi connectivity index (χ0v) is 13.0. The third-order valence-corrected chi connectivity index (χ3v) is 3.80. The third-order valence-electron chi connectivity index (χ3n) is 3.80. The Bertz CT molecular complexity index is 813. The fourth-order valence-electron chi connectivity index (χ4n) is 2.55. The Morgan fingerprint density at radius 3 is 2.58 bits per heavy atom. The Morgan fingerprint density at radius 2 is 1.92 bits per heavy atom. The predicted octanol–water partition coefficient (Wildman–Crippen LogP) is 2.32. The molecule has 0 saturated heterocycles. The van der Waals surface area contributed by atoms with Crippen molar-refractivity contribution in [3.63, 3.8) is 0 Å². The first-order chi connectivity index (χ1) is 11.6. The molecule has 0 aliphatic rings. The number of carboxylic acid groups (broad SMARTS) is 1. The van der Waals surface area contributed by atoms with Crippen LogP contribution in [-0.4, -0.2) is 25.6 Å². The van der Waals surface area contributed by atoms with Crippen LogP contribution in [0, 0.1) is 0 Å². The van der Waals surface area contributed by atoms with Crippen molar-refractivity contribution >= 4 is 11.8 Å². The molecule has 2 heterocycles. The molecule has 0 bridgehead atoms. The molecule has 0 fully saturated rings. The van der Waals surface area contributed by atoms with Crippen LogP contribution in [0.5, 0.6) is 0 Å². The molecular weight excluding hydrogens is 304 g/mol. The van der Waals surface area contributed by atoms with Crippen molar-refractivity contribution in [2.24, 2.45) is 0 Å². The molecule has 3 N–H and O–H groups in total. The lowest BCUT2D eigenvalue weighted by atomic mass is 9.98. The Kier molecular flexibility index (Phi) is 4.56. The van der Waals surface area contributed by atoms with Crippen molar-refractivity contribution in [3.8, 4) is 0 Å². The van der Waals surface area contributed by atoms with Crippen LogP contribution in [0.3, 0.4) is 0 Å². The van der Waals surface area contributed by atoms with Gasteiger partial charge in [-0.2, -0.15) is 0 Å². The van der Waals surface area contributed by atoms with Gasteiger partial charge in [-0.25, -0.2) is 9.97 Å². The molecule has 1 unspecified atom stereocenters. The van der Waals surface area contributed by atoms with Crippen LogP contribution < -0.4 is 5.73 Å². The van der Waals surface area contributed by atoms with Gasteiger partial charge in [0.15, 0.2) is 0 Å². The summed E-state index contributed by atoms with van der Waals surface area (Å²) in [4.78, 5) is 19.9. The number of imidazole rings is 1. The third kappa shape index (κ3) is 3.78. The summed E-state index contributed by atoms with van der Waals surface area (Å²) in [5.41, 5.74) is 8.05. The molecule has 0 aliphatic carbocycles. The summed E-state index contributed by atoms with van der Waals surface area (Å²) in [5, 5.41) is 9.55. The van der Waals surface area contributed by atoms with Gasteiger partial charge >= 0.3 is 5.97 Å². The molecule has 1 aromatic carbocycles. The predicted molar refractivity (Wildman–Crippen MR) is 90.5 cm³/mol. The van der Waals surface area contributed by atoms with Gasteiger partial charge in [-0.05, 0) is 23.6 Å². The van der Waals surface area contributed by atoms with Gasteiger partial charge in [0.1, 0.15) is 11.7 Å². The van der Waals surface area contributed by atoms with Gasteiger partial charge in [0.05, 0.1) is 12.0 Å². The molecule has 24 heavy (non-hydrogen) atoms. The number of pyridine rings is 1. The van der Waals surface area contributed by atoms with E-state index in [2.05, 4.69) is 9.97 Å². The number of anilines is 1. The highest BCUT2D eigenvalue weighted by Crippen LogP contribution is 2.20. The molecule has 6 nitrogen and oxygen atoms in total. The van der Waals surface area contributed by atoms with E-state index in [1.807, 2.05) is 34.9 Å². The van der Waals surface area contributed by atoms with Crippen LogP contribution in [0.4, 0.5) is 5.82 Å². The molecule has 0 saturated carbocycles. The van der Waals surface area contributed by atoms with E-state index < -0.39 is 11.9 Å². The highest BCUT2D eigenvalue weighted by Gasteiger charge is 2.23. The van der Waals surface area contributed by atoms with Crippen LogP contribution in [0.1, 0.15) is 22.7 Å². The number of carboxylic acids is 1. The van der Waals surface area contributed by atoms with Crippen LogP contribution in [-0.2, 0) is 17.8 Å². The molecule has 6 heteroatoms. The summed E-state index contributed by atoms with van der Waals surface area (Å²) in [6.45, 7) is 0.656.